The molecule has 4 heterocycles. The summed E-state index contributed by atoms with van der Waals surface area (Å²) in [6.45, 7) is 1.20. The van der Waals surface area contributed by atoms with Gasteiger partial charge in [-0.05, 0) is 86.3 Å². The third-order valence-corrected chi connectivity index (χ3v) is 11.9. The van der Waals surface area contributed by atoms with Gasteiger partial charge in [0.15, 0.2) is 0 Å². The molecule has 60 heavy (non-hydrogen) atoms. The molecule has 306 valence electrons. The Morgan fingerprint density at radius 2 is 1.13 bits per heavy atom. The number of carbonyl (C=O) groups is 2. The molecule has 0 spiro atoms. The van der Waals surface area contributed by atoms with Gasteiger partial charge < -0.3 is 19.8 Å². The maximum Gasteiger partial charge on any atom is 0.245 e. The first-order valence-corrected chi connectivity index (χ1v) is 22.1. The number of hydrogen-bond acceptors (Lipinski definition) is 7. The number of carbonyl (C=O) groups excluding carboxylic acids is 2. The van der Waals surface area contributed by atoms with Crippen LogP contribution in [-0.4, -0.2) is 88.3 Å². The summed E-state index contributed by atoms with van der Waals surface area (Å²) in [6.07, 6.45) is 7.95. The molecule has 2 aliphatic rings. The van der Waals surface area contributed by atoms with Crippen molar-refractivity contribution in [1.29, 1.82) is 0 Å². The SMILES string of the molecule is CN(C)[C@@H](C(=O)N1CCC[C@H]1c1ncc(-c2ccc(C#Cc3ccc(-c4cnc([C@@H]5CCCN5C(=O)[C@H](NS(C)(=O)=O)c5ccccc5)[nH]4)cc3)cc2)[nH]1)c1ccccc1. The number of imidazole rings is 2. The second kappa shape index (κ2) is 17.5. The van der Waals surface area contributed by atoms with Gasteiger partial charge in [0.2, 0.25) is 21.8 Å². The van der Waals surface area contributed by atoms with Crippen LogP contribution < -0.4 is 4.72 Å². The van der Waals surface area contributed by atoms with Crippen molar-refractivity contribution >= 4 is 21.8 Å². The van der Waals surface area contributed by atoms with Crippen molar-refractivity contribution in [2.24, 2.45) is 0 Å². The van der Waals surface area contributed by atoms with E-state index in [-0.39, 0.29) is 29.9 Å². The predicted molar refractivity (Wildman–Crippen MR) is 231 cm³/mol. The number of aromatic amines is 2. The quantitative estimate of drug-likeness (QED) is 0.122. The Labute approximate surface area is 351 Å². The minimum Gasteiger partial charge on any atom is -0.340 e. The Morgan fingerprint density at radius 1 is 0.683 bits per heavy atom. The van der Waals surface area contributed by atoms with Crippen LogP contribution >= 0.6 is 0 Å². The number of H-pyrrole nitrogens is 2. The highest BCUT2D eigenvalue weighted by molar-refractivity contribution is 7.88. The molecule has 0 bridgehead atoms. The average molecular weight is 821 g/mol. The monoisotopic (exact) mass is 820 g/mol. The third-order valence-electron chi connectivity index (χ3n) is 11.2. The van der Waals surface area contributed by atoms with Crippen LogP contribution in [0.4, 0.5) is 0 Å². The number of sulfonamides is 1. The fourth-order valence-electron chi connectivity index (χ4n) is 8.29. The number of aromatic nitrogens is 4. The minimum atomic E-state index is -3.66. The van der Waals surface area contributed by atoms with Crippen LogP contribution in [0.15, 0.2) is 122 Å². The third kappa shape index (κ3) is 8.96. The zero-order valence-electron chi connectivity index (χ0n) is 33.9. The van der Waals surface area contributed by atoms with Crippen LogP contribution in [0.1, 0.15) is 83.8 Å². The summed E-state index contributed by atoms with van der Waals surface area (Å²) < 4.78 is 27.0. The number of likely N-dealkylation sites (tertiary alicyclic amines) is 2. The summed E-state index contributed by atoms with van der Waals surface area (Å²) in [4.78, 5) is 49.7. The van der Waals surface area contributed by atoms with E-state index in [0.717, 1.165) is 70.5 Å². The fourth-order valence-corrected chi connectivity index (χ4v) is 8.95. The Hall–Kier alpha value is -6.33. The Bertz CT molecular complexity index is 2610. The summed E-state index contributed by atoms with van der Waals surface area (Å²) in [6, 6.07) is 33.0. The maximum absolute atomic E-state index is 13.9. The summed E-state index contributed by atoms with van der Waals surface area (Å²) in [7, 11) is 0.233. The van der Waals surface area contributed by atoms with Crippen molar-refractivity contribution in [2.45, 2.75) is 49.9 Å². The lowest BCUT2D eigenvalue weighted by atomic mass is 10.0. The van der Waals surface area contributed by atoms with Crippen molar-refractivity contribution in [3.8, 4) is 34.4 Å². The van der Waals surface area contributed by atoms with Crippen molar-refractivity contribution in [3.63, 3.8) is 0 Å². The summed E-state index contributed by atoms with van der Waals surface area (Å²) in [5.74, 6) is 7.77. The van der Waals surface area contributed by atoms with E-state index < -0.39 is 16.1 Å². The fraction of sp³-hybridized carbons (Fsp3) is 0.277. The molecule has 2 aromatic heterocycles. The number of amides is 2. The summed E-state index contributed by atoms with van der Waals surface area (Å²) in [5.41, 5.74) is 6.92. The van der Waals surface area contributed by atoms with E-state index in [9.17, 15) is 18.0 Å². The molecule has 13 heteroatoms. The van der Waals surface area contributed by atoms with Gasteiger partial charge in [-0.25, -0.2) is 18.4 Å². The molecule has 4 atom stereocenters. The highest BCUT2D eigenvalue weighted by Gasteiger charge is 2.38. The van der Waals surface area contributed by atoms with Gasteiger partial charge in [0.25, 0.3) is 0 Å². The molecular formula is C47H48N8O4S. The van der Waals surface area contributed by atoms with E-state index in [1.807, 2.05) is 115 Å². The molecule has 12 nitrogen and oxygen atoms in total. The van der Waals surface area contributed by atoms with Gasteiger partial charge in [-0.3, -0.25) is 14.5 Å². The summed E-state index contributed by atoms with van der Waals surface area (Å²) in [5, 5.41) is 0. The van der Waals surface area contributed by atoms with Gasteiger partial charge in [-0.15, -0.1) is 0 Å². The van der Waals surface area contributed by atoms with Gasteiger partial charge in [0.1, 0.15) is 23.7 Å². The molecule has 3 N–H and O–H groups in total. The minimum absolute atomic E-state index is 0.0852. The smallest absolute Gasteiger partial charge is 0.245 e. The highest BCUT2D eigenvalue weighted by atomic mass is 32.2. The lowest BCUT2D eigenvalue weighted by Crippen LogP contribution is -2.42. The van der Waals surface area contributed by atoms with Crippen molar-refractivity contribution in [1.82, 2.24) is 39.4 Å². The summed E-state index contributed by atoms with van der Waals surface area (Å²) >= 11 is 0. The highest BCUT2D eigenvalue weighted by Crippen LogP contribution is 2.36. The zero-order chi connectivity index (χ0) is 41.8. The molecule has 0 radical (unpaired) electrons. The van der Waals surface area contributed by atoms with E-state index in [2.05, 4.69) is 31.5 Å². The van der Waals surface area contributed by atoms with Gasteiger partial charge in [-0.1, -0.05) is 96.8 Å². The molecule has 6 aromatic rings. The average Bonchev–Trinajstić information content (AvgIpc) is 4.10. The first-order valence-electron chi connectivity index (χ1n) is 20.2. The van der Waals surface area contributed by atoms with Crippen LogP contribution in [-0.2, 0) is 19.6 Å². The standard InChI is InChI=1S/C47H48N8O4S/c1-53(2)43(37-14-8-5-9-15-37)47(57)55-29-11-17-41(55)45-49-31-39(51-45)35-26-22-33(23-27-35)19-18-32-20-24-34(25-21-32)38-30-48-44(50-38)40-16-10-28-54(40)46(56)42(52-60(3,58)59)36-12-6-4-7-13-36/h4-9,12-15,20-27,30-31,40-43,52H,10-11,16-17,28-29H2,1-3H3,(H,48,50)(H,49,51)/t40-,41-,42+,43+/m0/s1. The maximum atomic E-state index is 13.9. The predicted octanol–water partition coefficient (Wildman–Crippen LogP) is 6.79. The number of nitrogens with one attached hydrogen (secondary N) is 3. The van der Waals surface area contributed by atoms with Crippen molar-refractivity contribution < 1.29 is 18.0 Å². The second-order valence-electron chi connectivity index (χ2n) is 15.7. The first-order chi connectivity index (χ1) is 29.0. The number of nitrogens with zero attached hydrogens (tertiary/aromatic N) is 5. The van der Waals surface area contributed by atoms with Crippen LogP contribution in [0.3, 0.4) is 0 Å². The molecule has 8 rings (SSSR count). The molecular weight excluding hydrogens is 773 g/mol. The zero-order valence-corrected chi connectivity index (χ0v) is 34.7. The number of benzene rings is 4. The molecule has 2 fully saturated rings. The van der Waals surface area contributed by atoms with Gasteiger partial charge in [0.05, 0.1) is 42.1 Å². The first kappa shape index (κ1) is 40.4. The van der Waals surface area contributed by atoms with E-state index in [1.165, 1.54) is 0 Å². The lowest BCUT2D eigenvalue weighted by molar-refractivity contribution is -0.137. The second-order valence-corrected chi connectivity index (χ2v) is 17.4. The van der Waals surface area contributed by atoms with Crippen molar-refractivity contribution in [3.05, 3.63) is 155 Å². The number of likely N-dealkylation sites (N-methyl/N-ethyl adjacent to an activating group) is 1. The molecule has 0 aliphatic carbocycles. The van der Waals surface area contributed by atoms with Crippen LogP contribution in [0.25, 0.3) is 22.5 Å². The van der Waals surface area contributed by atoms with Gasteiger partial charge in [-0.2, -0.15) is 4.72 Å². The van der Waals surface area contributed by atoms with E-state index in [1.54, 1.807) is 35.4 Å². The van der Waals surface area contributed by atoms with E-state index >= 15 is 0 Å². The van der Waals surface area contributed by atoms with Crippen LogP contribution in [0.2, 0.25) is 0 Å². The number of hydrogen-bond donors (Lipinski definition) is 3. The molecule has 0 saturated carbocycles. The van der Waals surface area contributed by atoms with E-state index in [4.69, 9.17) is 4.98 Å². The topological polar surface area (TPSA) is 147 Å². The van der Waals surface area contributed by atoms with Crippen LogP contribution in [0, 0.1) is 11.8 Å². The number of rotatable bonds is 11. The largest absolute Gasteiger partial charge is 0.340 e. The van der Waals surface area contributed by atoms with Gasteiger partial charge in [0, 0.05) is 24.2 Å². The molecule has 2 saturated heterocycles. The molecule has 2 amide bonds. The Balaban J connectivity index is 0.905. The lowest BCUT2D eigenvalue weighted by Gasteiger charge is -2.31. The molecule has 4 aromatic carbocycles. The molecule has 0 unspecified atom stereocenters. The normalized spacial score (nSPS) is 17.7. The Morgan fingerprint density at radius 3 is 1.58 bits per heavy atom. The van der Waals surface area contributed by atoms with Crippen LogP contribution in [0.5, 0.6) is 0 Å². The van der Waals surface area contributed by atoms with E-state index in [0.29, 0.717) is 30.9 Å². The van der Waals surface area contributed by atoms with Crippen molar-refractivity contribution in [2.75, 3.05) is 33.4 Å². The Kier molecular flexibility index (Phi) is 11.8. The molecule has 2 aliphatic heterocycles. The van der Waals surface area contributed by atoms with Gasteiger partial charge >= 0.3 is 0 Å².